The van der Waals surface area contributed by atoms with Gasteiger partial charge in [-0.25, -0.2) is 13.6 Å². The second-order valence-corrected chi connectivity index (χ2v) is 11.4. The molecule has 4 aromatic rings. The Bertz CT molecular complexity index is 1650. The van der Waals surface area contributed by atoms with Crippen LogP contribution in [0.2, 0.25) is 5.02 Å². The molecular weight excluding hydrogens is 576 g/mol. The van der Waals surface area contributed by atoms with Crippen LogP contribution in [0, 0.1) is 17.0 Å². The van der Waals surface area contributed by atoms with Gasteiger partial charge in [0, 0.05) is 47.4 Å². The van der Waals surface area contributed by atoms with Crippen molar-refractivity contribution < 1.29 is 13.9 Å². The largest absolute Gasteiger partial charge is 0.395 e. The highest BCUT2D eigenvalue weighted by Gasteiger charge is 2.18. The minimum atomic E-state index is -0.628. The first-order chi connectivity index (χ1) is 20.5. The zero-order valence-corrected chi connectivity index (χ0v) is 25.2. The number of aliphatic hydroxyl groups is 1. The third-order valence-electron chi connectivity index (χ3n) is 7.33. The topological polar surface area (TPSA) is 145 Å². The van der Waals surface area contributed by atoms with Gasteiger partial charge >= 0.3 is 5.69 Å². The number of aryl methyl sites for hydroxylation is 1. The van der Waals surface area contributed by atoms with E-state index in [1.807, 2.05) is 6.92 Å². The van der Waals surface area contributed by atoms with Crippen molar-refractivity contribution >= 4 is 28.5 Å². The lowest BCUT2D eigenvalue weighted by molar-refractivity contribution is 0.226. The Morgan fingerprint density at radius 3 is 2.65 bits per heavy atom. The predicted molar refractivity (Wildman–Crippen MR) is 167 cm³/mol. The van der Waals surface area contributed by atoms with Gasteiger partial charge in [0.05, 0.1) is 28.8 Å². The third kappa shape index (κ3) is 8.05. The summed E-state index contributed by atoms with van der Waals surface area (Å²) < 4.78 is 31.6. The van der Waals surface area contributed by atoms with E-state index in [1.54, 1.807) is 44.2 Å². The van der Waals surface area contributed by atoms with E-state index < -0.39 is 23.4 Å². The lowest BCUT2D eigenvalue weighted by Crippen LogP contribution is -2.38. The molecule has 43 heavy (non-hydrogen) atoms. The maximum absolute atomic E-state index is 15.3. The van der Waals surface area contributed by atoms with Gasteiger partial charge in [-0.2, -0.15) is 4.98 Å². The minimum Gasteiger partial charge on any atom is -0.395 e. The molecule has 2 heterocycles. The van der Waals surface area contributed by atoms with Gasteiger partial charge < -0.3 is 26.5 Å². The van der Waals surface area contributed by atoms with Gasteiger partial charge in [-0.3, -0.25) is 9.98 Å². The minimum absolute atomic E-state index is 0.00205. The van der Waals surface area contributed by atoms with Crippen LogP contribution in [0.4, 0.5) is 8.78 Å². The number of aliphatic hydroxyl groups excluding tert-OH is 1. The standard InChI is InChI=1S/C31H38ClF2N7O2/c1-17(35)5-4-6-20-11-25(29(34)26(32)12-20)28-13-21-15-41(31(43)40-30(21)39-28)23-7-8-24(27(33)14-23)18(2)38-22(16-42)9-10-37-19(3)36/h7-8,11-15,17-18,22,38,42H,4-6,9-10,16,35H2,1-3H3,(H2,36,37)(H,39,40,43)/t17-,18-,22+/m0/s1. The molecule has 0 bridgehead atoms. The van der Waals surface area contributed by atoms with E-state index in [2.05, 4.69) is 20.6 Å². The molecule has 0 aliphatic rings. The molecule has 0 fully saturated rings. The molecule has 9 nitrogen and oxygen atoms in total. The molecule has 0 aliphatic heterocycles. The molecule has 0 saturated carbocycles. The van der Waals surface area contributed by atoms with E-state index in [0.29, 0.717) is 41.9 Å². The summed E-state index contributed by atoms with van der Waals surface area (Å²) in [7, 11) is 0. The Balaban J connectivity index is 1.58. The molecule has 0 aliphatic carbocycles. The van der Waals surface area contributed by atoms with Crippen LogP contribution < -0.4 is 22.1 Å². The van der Waals surface area contributed by atoms with E-state index in [0.717, 1.165) is 18.4 Å². The lowest BCUT2D eigenvalue weighted by Gasteiger charge is -2.23. The van der Waals surface area contributed by atoms with Crippen LogP contribution in [-0.2, 0) is 6.42 Å². The maximum atomic E-state index is 15.3. The molecule has 2 aromatic heterocycles. The highest BCUT2D eigenvalue weighted by Crippen LogP contribution is 2.31. The predicted octanol–water partition coefficient (Wildman–Crippen LogP) is 4.97. The summed E-state index contributed by atoms with van der Waals surface area (Å²) >= 11 is 6.21. The first-order valence-electron chi connectivity index (χ1n) is 14.3. The fraction of sp³-hybridized carbons (Fsp3) is 0.387. The van der Waals surface area contributed by atoms with Gasteiger partial charge in [0.2, 0.25) is 0 Å². The molecule has 0 amide bonds. The zero-order valence-electron chi connectivity index (χ0n) is 24.5. The quantitative estimate of drug-likeness (QED) is 0.0928. The van der Waals surface area contributed by atoms with Crippen molar-refractivity contribution in [3.63, 3.8) is 0 Å². The van der Waals surface area contributed by atoms with Gasteiger partial charge in [-0.15, -0.1) is 0 Å². The van der Waals surface area contributed by atoms with Crippen molar-refractivity contribution in [3.8, 4) is 16.9 Å². The van der Waals surface area contributed by atoms with E-state index in [9.17, 15) is 9.90 Å². The Hall–Kier alpha value is -3.64. The van der Waals surface area contributed by atoms with Crippen LogP contribution in [0.3, 0.4) is 0 Å². The molecular formula is C31H38ClF2N7O2. The number of benzene rings is 2. The number of aromatic nitrogens is 3. The average Bonchev–Trinajstić information content (AvgIpc) is 3.35. The monoisotopic (exact) mass is 613 g/mol. The molecule has 0 saturated heterocycles. The molecule has 0 radical (unpaired) electrons. The SMILES string of the molecule is CC(=N)NCC[C@H](CO)N[C@@H](C)c1ccc(-n2cc3cc(-c4cc(CCC[C@H](C)N)cc(Cl)c4F)[nH]c3nc2=O)cc1F. The van der Waals surface area contributed by atoms with E-state index in [-0.39, 0.29) is 40.6 Å². The summed E-state index contributed by atoms with van der Waals surface area (Å²) in [5.41, 5.74) is 7.70. The average molecular weight is 614 g/mol. The molecule has 3 atom stereocenters. The number of aromatic amines is 1. The Morgan fingerprint density at radius 2 is 1.98 bits per heavy atom. The maximum Gasteiger partial charge on any atom is 0.354 e. The Kier molecular flexibility index (Phi) is 10.7. The van der Waals surface area contributed by atoms with Crippen LogP contribution in [0.5, 0.6) is 0 Å². The highest BCUT2D eigenvalue weighted by atomic mass is 35.5. The molecule has 4 rings (SSSR count). The smallest absolute Gasteiger partial charge is 0.354 e. The van der Waals surface area contributed by atoms with Crippen molar-refractivity contribution in [2.45, 2.75) is 64.6 Å². The molecule has 2 aromatic carbocycles. The summed E-state index contributed by atoms with van der Waals surface area (Å²) in [6.07, 6.45) is 4.44. The highest BCUT2D eigenvalue weighted by molar-refractivity contribution is 6.31. The van der Waals surface area contributed by atoms with Crippen molar-refractivity contribution in [2.24, 2.45) is 5.73 Å². The van der Waals surface area contributed by atoms with Gasteiger partial charge in [0.25, 0.3) is 0 Å². The van der Waals surface area contributed by atoms with E-state index >= 15 is 8.78 Å². The number of amidine groups is 1. The molecule has 230 valence electrons. The number of nitrogens with zero attached hydrogens (tertiary/aromatic N) is 2. The number of nitrogens with one attached hydrogen (secondary N) is 4. The molecule has 7 N–H and O–H groups in total. The molecule has 0 spiro atoms. The van der Waals surface area contributed by atoms with E-state index in [1.165, 1.54) is 16.8 Å². The first kappa shape index (κ1) is 32.3. The number of rotatable bonds is 13. The summed E-state index contributed by atoms with van der Waals surface area (Å²) in [5, 5.41) is 23.8. The Labute approximate surface area is 254 Å². The summed E-state index contributed by atoms with van der Waals surface area (Å²) in [5.74, 6) is -0.772. The van der Waals surface area contributed by atoms with Crippen LogP contribution in [0.25, 0.3) is 28.0 Å². The number of H-pyrrole nitrogens is 1. The number of hydrogen-bond acceptors (Lipinski definition) is 6. The zero-order chi connectivity index (χ0) is 31.3. The summed E-state index contributed by atoms with van der Waals surface area (Å²) in [6.45, 7) is 5.72. The van der Waals surface area contributed by atoms with Crippen LogP contribution in [-0.4, -0.2) is 50.7 Å². The van der Waals surface area contributed by atoms with Gasteiger partial charge in [-0.1, -0.05) is 17.7 Å². The Morgan fingerprint density at radius 1 is 1.21 bits per heavy atom. The van der Waals surface area contributed by atoms with Crippen molar-refractivity contribution in [1.82, 2.24) is 25.2 Å². The van der Waals surface area contributed by atoms with Crippen LogP contribution in [0.15, 0.2) is 47.4 Å². The molecule has 12 heteroatoms. The number of fused-ring (bicyclic) bond motifs is 1. The molecule has 0 unspecified atom stereocenters. The van der Waals surface area contributed by atoms with E-state index in [4.69, 9.17) is 22.7 Å². The summed E-state index contributed by atoms with van der Waals surface area (Å²) in [6, 6.07) is 8.84. The summed E-state index contributed by atoms with van der Waals surface area (Å²) in [4.78, 5) is 20.1. The number of halogens is 3. The van der Waals surface area contributed by atoms with Crippen LogP contribution >= 0.6 is 11.6 Å². The van der Waals surface area contributed by atoms with Crippen LogP contribution in [0.1, 0.15) is 57.2 Å². The fourth-order valence-electron chi connectivity index (χ4n) is 5.06. The fourth-order valence-corrected chi connectivity index (χ4v) is 5.30. The number of hydrogen-bond donors (Lipinski definition) is 6. The second kappa shape index (κ2) is 14.2. The van der Waals surface area contributed by atoms with Gasteiger partial charge in [0.1, 0.15) is 11.5 Å². The first-order valence-corrected chi connectivity index (χ1v) is 14.7. The normalized spacial score (nSPS) is 13.7. The van der Waals surface area contributed by atoms with Crippen molar-refractivity contribution in [1.29, 1.82) is 5.41 Å². The second-order valence-electron chi connectivity index (χ2n) is 11.0. The van der Waals surface area contributed by atoms with Crippen molar-refractivity contribution in [3.05, 3.63) is 80.9 Å². The lowest BCUT2D eigenvalue weighted by atomic mass is 10.0. The van der Waals surface area contributed by atoms with Crippen molar-refractivity contribution in [2.75, 3.05) is 13.2 Å². The van der Waals surface area contributed by atoms with Gasteiger partial charge in [0.15, 0.2) is 5.82 Å². The van der Waals surface area contributed by atoms with Gasteiger partial charge in [-0.05, 0) is 82.3 Å². The third-order valence-corrected chi connectivity index (χ3v) is 7.60. The number of nitrogens with two attached hydrogens (primary N) is 1.